The Bertz CT molecular complexity index is 828. The van der Waals surface area contributed by atoms with Crippen LogP contribution in [0.1, 0.15) is 11.5 Å². The van der Waals surface area contributed by atoms with Crippen LogP contribution in [0.4, 0.5) is 5.69 Å². The predicted octanol–water partition coefficient (Wildman–Crippen LogP) is 3.88. The van der Waals surface area contributed by atoms with Crippen molar-refractivity contribution in [2.75, 3.05) is 5.32 Å². The van der Waals surface area contributed by atoms with E-state index in [2.05, 4.69) is 15.5 Å². The minimum absolute atomic E-state index is 0.103. The molecule has 0 aliphatic heterocycles. The first-order valence-electron chi connectivity index (χ1n) is 7.05. The molecule has 1 heterocycles. The Morgan fingerprint density at radius 3 is 2.61 bits per heavy atom. The maximum Gasteiger partial charge on any atom is 0.247 e. The molecule has 6 heteroatoms. The van der Waals surface area contributed by atoms with E-state index in [4.69, 9.17) is 16.0 Å². The largest absolute Gasteiger partial charge is 0.421 e. The third kappa shape index (κ3) is 3.96. The summed E-state index contributed by atoms with van der Waals surface area (Å²) in [5.74, 6) is 0.867. The summed E-state index contributed by atoms with van der Waals surface area (Å²) in [5.41, 5.74) is 2.38. The lowest BCUT2D eigenvalue weighted by atomic mass is 10.1. The molecule has 1 amide bonds. The summed E-state index contributed by atoms with van der Waals surface area (Å²) in [5, 5.41) is 11.2. The molecule has 2 aromatic carbocycles. The van der Waals surface area contributed by atoms with Crippen LogP contribution < -0.4 is 5.32 Å². The van der Waals surface area contributed by atoms with Gasteiger partial charge in [-0.2, -0.15) is 0 Å². The van der Waals surface area contributed by atoms with Gasteiger partial charge in [-0.1, -0.05) is 23.7 Å². The van der Waals surface area contributed by atoms with Crippen molar-refractivity contribution >= 4 is 23.2 Å². The summed E-state index contributed by atoms with van der Waals surface area (Å²) in [6.07, 6.45) is 0.269. The number of aryl methyl sites for hydroxylation is 1. The summed E-state index contributed by atoms with van der Waals surface area (Å²) in [4.78, 5) is 12.1. The number of rotatable bonds is 4. The highest BCUT2D eigenvalue weighted by molar-refractivity contribution is 6.30. The molecule has 0 spiro atoms. The first-order valence-corrected chi connectivity index (χ1v) is 7.43. The number of halogens is 1. The smallest absolute Gasteiger partial charge is 0.247 e. The minimum Gasteiger partial charge on any atom is -0.421 e. The van der Waals surface area contributed by atoms with Crippen molar-refractivity contribution in [1.29, 1.82) is 0 Å². The van der Waals surface area contributed by atoms with Crippen LogP contribution in [0.3, 0.4) is 0 Å². The van der Waals surface area contributed by atoms with Crippen molar-refractivity contribution in [1.82, 2.24) is 10.2 Å². The molecule has 0 bridgehead atoms. The molecule has 0 atom stereocenters. The monoisotopic (exact) mass is 327 g/mol. The van der Waals surface area contributed by atoms with Gasteiger partial charge in [0.25, 0.3) is 0 Å². The lowest BCUT2D eigenvalue weighted by molar-refractivity contribution is -0.115. The number of carbonyl (C=O) groups excluding carboxylic acids is 1. The summed E-state index contributed by atoms with van der Waals surface area (Å²) < 4.78 is 5.36. The first kappa shape index (κ1) is 15.2. The average Bonchev–Trinajstić information content (AvgIpc) is 2.94. The first-order chi connectivity index (χ1) is 11.1. The molecule has 5 nitrogen and oxygen atoms in total. The molecule has 116 valence electrons. The molecule has 0 saturated heterocycles. The van der Waals surface area contributed by atoms with Crippen LogP contribution in [0.5, 0.6) is 0 Å². The van der Waals surface area contributed by atoms with Gasteiger partial charge in [-0.15, -0.1) is 10.2 Å². The van der Waals surface area contributed by atoms with Gasteiger partial charge in [0, 0.05) is 23.2 Å². The number of carbonyl (C=O) groups is 1. The fourth-order valence-corrected chi connectivity index (χ4v) is 2.36. The van der Waals surface area contributed by atoms with Gasteiger partial charge < -0.3 is 9.73 Å². The number of hydrogen-bond donors (Lipinski definition) is 1. The van der Waals surface area contributed by atoms with Gasteiger partial charge in [-0.25, -0.2) is 0 Å². The Kier molecular flexibility index (Phi) is 4.39. The molecule has 0 aliphatic rings. The van der Waals surface area contributed by atoms with E-state index >= 15 is 0 Å². The zero-order valence-corrected chi connectivity index (χ0v) is 13.2. The number of nitrogens with zero attached hydrogens (tertiary/aromatic N) is 2. The second kappa shape index (κ2) is 6.62. The maximum absolute atomic E-state index is 12.1. The van der Waals surface area contributed by atoms with Crippen LogP contribution >= 0.6 is 11.6 Å². The number of nitrogens with one attached hydrogen (secondary N) is 1. The van der Waals surface area contributed by atoms with E-state index in [1.54, 1.807) is 31.2 Å². The van der Waals surface area contributed by atoms with Crippen molar-refractivity contribution in [3.8, 4) is 11.5 Å². The Hall–Kier alpha value is -2.66. The standard InChI is InChI=1S/C17H14ClN3O2/c1-11-20-21-17(23-11)13-5-7-15(8-6-13)19-16(22)10-12-3-2-4-14(18)9-12/h2-9H,10H2,1H3,(H,19,22). The molecule has 3 rings (SSSR count). The van der Waals surface area contributed by atoms with Crippen LogP contribution in [0.25, 0.3) is 11.5 Å². The summed E-state index contributed by atoms with van der Waals surface area (Å²) >= 11 is 5.91. The maximum atomic E-state index is 12.1. The number of benzene rings is 2. The highest BCUT2D eigenvalue weighted by atomic mass is 35.5. The Morgan fingerprint density at radius 2 is 1.96 bits per heavy atom. The minimum atomic E-state index is -0.103. The zero-order valence-electron chi connectivity index (χ0n) is 12.4. The molecule has 0 radical (unpaired) electrons. The van der Waals surface area contributed by atoms with Gasteiger partial charge in [0.15, 0.2) is 0 Å². The normalized spacial score (nSPS) is 10.5. The Morgan fingerprint density at radius 1 is 1.17 bits per heavy atom. The molecule has 23 heavy (non-hydrogen) atoms. The third-order valence-corrected chi connectivity index (χ3v) is 3.43. The van der Waals surface area contributed by atoms with E-state index in [1.807, 2.05) is 24.3 Å². The van der Waals surface area contributed by atoms with Crippen molar-refractivity contribution in [3.63, 3.8) is 0 Å². The Balaban J connectivity index is 1.65. The van der Waals surface area contributed by atoms with Crippen LogP contribution in [-0.2, 0) is 11.2 Å². The molecular formula is C17H14ClN3O2. The summed E-state index contributed by atoms with van der Waals surface area (Å²) in [7, 11) is 0. The molecule has 1 aromatic heterocycles. The van der Waals surface area contributed by atoms with Crippen LogP contribution in [0.2, 0.25) is 5.02 Å². The molecular weight excluding hydrogens is 314 g/mol. The SMILES string of the molecule is Cc1nnc(-c2ccc(NC(=O)Cc3cccc(Cl)c3)cc2)o1. The number of amides is 1. The van der Waals surface area contributed by atoms with Crippen LogP contribution in [0.15, 0.2) is 52.9 Å². The van der Waals surface area contributed by atoms with Crippen molar-refractivity contribution in [2.24, 2.45) is 0 Å². The number of hydrogen-bond acceptors (Lipinski definition) is 4. The van der Waals surface area contributed by atoms with Gasteiger partial charge in [0.1, 0.15) is 0 Å². The lowest BCUT2D eigenvalue weighted by Crippen LogP contribution is -2.14. The molecule has 0 unspecified atom stereocenters. The van der Waals surface area contributed by atoms with Gasteiger partial charge in [0.05, 0.1) is 6.42 Å². The van der Waals surface area contributed by atoms with Gasteiger partial charge in [0.2, 0.25) is 17.7 Å². The lowest BCUT2D eigenvalue weighted by Gasteiger charge is -2.06. The van der Waals surface area contributed by atoms with E-state index in [9.17, 15) is 4.79 Å². The van der Waals surface area contributed by atoms with E-state index in [0.717, 1.165) is 11.1 Å². The Labute approximate surface area is 138 Å². The van der Waals surface area contributed by atoms with Gasteiger partial charge in [-0.05, 0) is 42.0 Å². The highest BCUT2D eigenvalue weighted by Crippen LogP contribution is 2.20. The van der Waals surface area contributed by atoms with Crippen molar-refractivity contribution in [2.45, 2.75) is 13.3 Å². The van der Waals surface area contributed by atoms with Crippen molar-refractivity contribution in [3.05, 3.63) is 65.0 Å². The van der Waals surface area contributed by atoms with E-state index in [-0.39, 0.29) is 12.3 Å². The quantitative estimate of drug-likeness (QED) is 0.789. The second-order valence-corrected chi connectivity index (χ2v) is 5.49. The van der Waals surface area contributed by atoms with Crippen LogP contribution in [-0.4, -0.2) is 16.1 Å². The molecule has 0 fully saturated rings. The highest BCUT2D eigenvalue weighted by Gasteiger charge is 2.07. The third-order valence-electron chi connectivity index (χ3n) is 3.20. The zero-order chi connectivity index (χ0) is 16.2. The molecule has 0 aliphatic carbocycles. The van der Waals surface area contributed by atoms with E-state index in [1.165, 1.54) is 0 Å². The molecule has 3 aromatic rings. The molecule has 1 N–H and O–H groups in total. The average molecular weight is 328 g/mol. The van der Waals surface area contributed by atoms with Crippen LogP contribution in [0, 0.1) is 6.92 Å². The number of aromatic nitrogens is 2. The van der Waals surface area contributed by atoms with Gasteiger partial charge in [-0.3, -0.25) is 4.79 Å². The van der Waals surface area contributed by atoms with Gasteiger partial charge >= 0.3 is 0 Å². The van der Waals surface area contributed by atoms with Crippen molar-refractivity contribution < 1.29 is 9.21 Å². The second-order valence-electron chi connectivity index (χ2n) is 5.06. The van der Waals surface area contributed by atoms with E-state index < -0.39 is 0 Å². The van der Waals surface area contributed by atoms with E-state index in [0.29, 0.717) is 22.5 Å². The summed E-state index contributed by atoms with van der Waals surface area (Å²) in [6, 6.07) is 14.5. The number of anilines is 1. The summed E-state index contributed by atoms with van der Waals surface area (Å²) in [6.45, 7) is 1.74. The topological polar surface area (TPSA) is 68.0 Å². The molecule has 0 saturated carbocycles. The fraction of sp³-hybridized carbons (Fsp3) is 0.118. The predicted molar refractivity (Wildman–Crippen MR) is 88.3 cm³/mol. The fourth-order valence-electron chi connectivity index (χ4n) is 2.15.